The number of allylic oxidation sites excluding steroid dienone is 2. The number of nitrogens with two attached hydrogens (primary N) is 2. The van der Waals surface area contributed by atoms with Crippen LogP contribution >= 0.6 is 0 Å². The van der Waals surface area contributed by atoms with Gasteiger partial charge in [0.05, 0.1) is 11.8 Å². The van der Waals surface area contributed by atoms with Crippen molar-refractivity contribution in [2.45, 2.75) is 33.7 Å². The van der Waals surface area contributed by atoms with Gasteiger partial charge in [0.15, 0.2) is 0 Å². The van der Waals surface area contributed by atoms with Gasteiger partial charge in [-0.2, -0.15) is 5.10 Å². The lowest BCUT2D eigenvalue weighted by Crippen LogP contribution is -2.30. The Bertz CT molecular complexity index is 249. The lowest BCUT2D eigenvalue weighted by atomic mass is 9.96. The molecule has 0 aliphatic heterocycles. The Labute approximate surface area is 80.2 Å². The van der Waals surface area contributed by atoms with E-state index < -0.39 is 0 Å². The summed E-state index contributed by atoms with van der Waals surface area (Å²) in [5.74, 6) is 5.14. The minimum Gasteiger partial charge on any atom is -0.323 e. The highest BCUT2D eigenvalue weighted by molar-refractivity contribution is 6.02. The normalized spacial score (nSPS) is 24.4. The van der Waals surface area contributed by atoms with Gasteiger partial charge in [-0.05, 0) is 25.5 Å². The predicted octanol–water partition coefficient (Wildman–Crippen LogP) is 1.56. The van der Waals surface area contributed by atoms with Gasteiger partial charge in [-0.1, -0.05) is 25.5 Å². The van der Waals surface area contributed by atoms with Crippen molar-refractivity contribution in [1.82, 2.24) is 0 Å². The minimum atomic E-state index is -0.135. The zero-order chi connectivity index (χ0) is 10.4. The minimum absolute atomic E-state index is 0.135. The maximum Gasteiger partial charge on any atom is 0.0809 e. The third-order valence-electron chi connectivity index (χ3n) is 1.91. The molecule has 74 valence electrons. The van der Waals surface area contributed by atoms with Crippen molar-refractivity contribution in [3.05, 3.63) is 23.3 Å². The molecule has 1 unspecified atom stereocenters. The average molecular weight is 181 g/mol. The first-order chi connectivity index (χ1) is 6.15. The second kappa shape index (κ2) is 5.54. The SMILES string of the molecule is CC.CC1=C/C(=N/N)C(N)C=C1C. The van der Waals surface area contributed by atoms with E-state index in [2.05, 4.69) is 5.10 Å². The van der Waals surface area contributed by atoms with Crippen molar-refractivity contribution in [1.29, 1.82) is 0 Å². The van der Waals surface area contributed by atoms with Crippen LogP contribution in [0.3, 0.4) is 0 Å². The van der Waals surface area contributed by atoms with Gasteiger partial charge in [0.25, 0.3) is 0 Å². The summed E-state index contributed by atoms with van der Waals surface area (Å²) in [4.78, 5) is 0. The second-order valence-electron chi connectivity index (χ2n) is 2.76. The monoisotopic (exact) mass is 181 g/mol. The van der Waals surface area contributed by atoms with Crippen LogP contribution < -0.4 is 11.6 Å². The van der Waals surface area contributed by atoms with Gasteiger partial charge in [-0.25, -0.2) is 0 Å². The molecule has 0 saturated heterocycles. The molecular formula is C10H19N3. The number of hydrogen-bond donors (Lipinski definition) is 2. The average Bonchev–Trinajstić information content (AvgIpc) is 2.15. The number of hydrazone groups is 1. The molecule has 3 nitrogen and oxygen atoms in total. The maximum atomic E-state index is 5.71. The van der Waals surface area contributed by atoms with Crippen LogP contribution in [0.1, 0.15) is 27.7 Å². The molecule has 0 heterocycles. The zero-order valence-corrected chi connectivity index (χ0v) is 8.83. The standard InChI is InChI=1S/C8H13N3.C2H6/c1-5-3-7(9)8(11-10)4-6(5)2;1-2/h3-4,7H,9-10H2,1-2H3;1-2H3/b11-8-;. The largest absolute Gasteiger partial charge is 0.323 e. The van der Waals surface area contributed by atoms with Gasteiger partial charge in [0.1, 0.15) is 0 Å². The Morgan fingerprint density at radius 3 is 2.23 bits per heavy atom. The van der Waals surface area contributed by atoms with E-state index in [1.54, 1.807) is 0 Å². The molecular weight excluding hydrogens is 162 g/mol. The van der Waals surface area contributed by atoms with Gasteiger partial charge >= 0.3 is 0 Å². The highest BCUT2D eigenvalue weighted by Gasteiger charge is 2.12. The summed E-state index contributed by atoms with van der Waals surface area (Å²) < 4.78 is 0. The van der Waals surface area contributed by atoms with Crippen LogP contribution in [0.2, 0.25) is 0 Å². The fourth-order valence-electron chi connectivity index (χ4n) is 1.04. The highest BCUT2D eigenvalue weighted by Crippen LogP contribution is 2.14. The molecule has 1 rings (SSSR count). The zero-order valence-electron chi connectivity index (χ0n) is 8.83. The molecule has 4 N–H and O–H groups in total. The Balaban J connectivity index is 0.000000671. The third kappa shape index (κ3) is 3.03. The molecule has 1 atom stereocenters. The van der Waals surface area contributed by atoms with Crippen molar-refractivity contribution in [2.24, 2.45) is 16.7 Å². The Kier molecular flexibility index (Phi) is 5.07. The lowest BCUT2D eigenvalue weighted by Gasteiger charge is -2.15. The van der Waals surface area contributed by atoms with Crippen LogP contribution in [0, 0.1) is 0 Å². The summed E-state index contributed by atoms with van der Waals surface area (Å²) in [5, 5.41) is 3.58. The van der Waals surface area contributed by atoms with Crippen LogP contribution in [0.15, 0.2) is 28.4 Å². The molecule has 0 aromatic rings. The summed E-state index contributed by atoms with van der Waals surface area (Å²) in [6.07, 6.45) is 3.88. The van der Waals surface area contributed by atoms with E-state index in [1.807, 2.05) is 39.8 Å². The first-order valence-electron chi connectivity index (χ1n) is 4.55. The van der Waals surface area contributed by atoms with Crippen molar-refractivity contribution in [3.63, 3.8) is 0 Å². The third-order valence-corrected chi connectivity index (χ3v) is 1.91. The Morgan fingerprint density at radius 1 is 1.23 bits per heavy atom. The van der Waals surface area contributed by atoms with E-state index in [0.717, 1.165) is 5.71 Å². The number of hydrogen-bond acceptors (Lipinski definition) is 3. The molecule has 1 aliphatic rings. The summed E-state index contributed by atoms with van der Waals surface area (Å²) >= 11 is 0. The number of nitrogens with zero attached hydrogens (tertiary/aromatic N) is 1. The topological polar surface area (TPSA) is 64.4 Å². The molecule has 0 amide bonds. The molecule has 0 spiro atoms. The molecule has 3 heteroatoms. The van der Waals surface area contributed by atoms with E-state index in [9.17, 15) is 0 Å². The van der Waals surface area contributed by atoms with Gasteiger partial charge < -0.3 is 11.6 Å². The summed E-state index contributed by atoms with van der Waals surface area (Å²) in [6, 6.07) is -0.135. The van der Waals surface area contributed by atoms with Gasteiger partial charge in [-0.15, -0.1) is 0 Å². The molecule has 0 aromatic heterocycles. The van der Waals surface area contributed by atoms with E-state index in [1.165, 1.54) is 11.1 Å². The predicted molar refractivity (Wildman–Crippen MR) is 58.5 cm³/mol. The Morgan fingerprint density at radius 2 is 1.77 bits per heavy atom. The van der Waals surface area contributed by atoms with Crippen LogP contribution in [-0.4, -0.2) is 11.8 Å². The van der Waals surface area contributed by atoms with E-state index >= 15 is 0 Å². The highest BCUT2D eigenvalue weighted by atomic mass is 15.1. The summed E-state index contributed by atoms with van der Waals surface area (Å²) in [5.41, 5.74) is 8.83. The maximum absolute atomic E-state index is 5.71. The quantitative estimate of drug-likeness (QED) is 0.440. The lowest BCUT2D eigenvalue weighted by molar-refractivity contribution is 1.03. The first-order valence-corrected chi connectivity index (χ1v) is 4.55. The molecule has 0 radical (unpaired) electrons. The molecule has 1 aliphatic carbocycles. The van der Waals surface area contributed by atoms with Crippen molar-refractivity contribution in [3.8, 4) is 0 Å². The fourth-order valence-corrected chi connectivity index (χ4v) is 1.04. The molecule has 0 fully saturated rings. The van der Waals surface area contributed by atoms with Crippen LogP contribution in [0.4, 0.5) is 0 Å². The molecule has 0 saturated carbocycles. The molecule has 0 bridgehead atoms. The van der Waals surface area contributed by atoms with E-state index in [0.29, 0.717) is 0 Å². The van der Waals surface area contributed by atoms with E-state index in [-0.39, 0.29) is 6.04 Å². The van der Waals surface area contributed by atoms with Gasteiger partial charge in [0, 0.05) is 0 Å². The first kappa shape index (κ1) is 11.9. The van der Waals surface area contributed by atoms with Crippen molar-refractivity contribution < 1.29 is 0 Å². The van der Waals surface area contributed by atoms with Crippen LogP contribution in [0.5, 0.6) is 0 Å². The summed E-state index contributed by atoms with van der Waals surface area (Å²) in [7, 11) is 0. The smallest absolute Gasteiger partial charge is 0.0809 e. The van der Waals surface area contributed by atoms with Crippen LogP contribution in [-0.2, 0) is 0 Å². The van der Waals surface area contributed by atoms with Crippen molar-refractivity contribution in [2.75, 3.05) is 0 Å². The van der Waals surface area contributed by atoms with Crippen LogP contribution in [0.25, 0.3) is 0 Å². The second-order valence-corrected chi connectivity index (χ2v) is 2.76. The van der Waals surface area contributed by atoms with Crippen molar-refractivity contribution >= 4 is 5.71 Å². The summed E-state index contributed by atoms with van der Waals surface area (Å²) in [6.45, 7) is 8.04. The molecule has 0 aromatic carbocycles. The van der Waals surface area contributed by atoms with Gasteiger partial charge in [-0.3, -0.25) is 0 Å². The number of rotatable bonds is 0. The fraction of sp³-hybridized carbons (Fsp3) is 0.500. The Hall–Kier alpha value is -1.09. The van der Waals surface area contributed by atoms with Gasteiger partial charge in [0.2, 0.25) is 0 Å². The molecule has 13 heavy (non-hydrogen) atoms. The van der Waals surface area contributed by atoms with E-state index in [4.69, 9.17) is 11.6 Å².